The molecule has 1 aromatic carbocycles. The highest BCUT2D eigenvalue weighted by molar-refractivity contribution is 5.26. The molecule has 0 saturated carbocycles. The van der Waals surface area contributed by atoms with Crippen molar-refractivity contribution in [3.63, 3.8) is 0 Å². The van der Waals surface area contributed by atoms with Crippen LogP contribution in [-0.2, 0) is 13.0 Å². The van der Waals surface area contributed by atoms with Gasteiger partial charge in [0.05, 0.1) is 11.9 Å². The fraction of sp³-hybridized carbons (Fsp3) is 0.214. The predicted octanol–water partition coefficient (Wildman–Crippen LogP) is 1.83. The minimum atomic E-state index is 0.183. The molecule has 0 unspecified atom stereocenters. The van der Waals surface area contributed by atoms with Crippen molar-refractivity contribution in [1.29, 1.82) is 0 Å². The maximum Gasteiger partial charge on any atom is 0.133 e. The van der Waals surface area contributed by atoms with Crippen molar-refractivity contribution in [3.05, 3.63) is 53.9 Å². The summed E-state index contributed by atoms with van der Waals surface area (Å²) in [6.07, 6.45) is 2.34. The zero-order valence-electron chi connectivity index (χ0n) is 10.0. The third-order valence-corrected chi connectivity index (χ3v) is 2.64. The average Bonchev–Trinajstić information content (AvgIpc) is 2.39. The van der Waals surface area contributed by atoms with Crippen LogP contribution >= 0.6 is 0 Å². The maximum absolute atomic E-state index is 9.16. The topological polar surface area (TPSA) is 65.4 Å². The normalized spacial score (nSPS) is 10.4. The minimum Gasteiger partial charge on any atom is -0.508 e. The summed E-state index contributed by atoms with van der Waals surface area (Å²) in [6.45, 7) is 1.52. The van der Waals surface area contributed by atoms with Gasteiger partial charge in [0.2, 0.25) is 0 Å². The van der Waals surface area contributed by atoms with Gasteiger partial charge in [-0.1, -0.05) is 12.1 Å². The Labute approximate surface area is 106 Å². The van der Waals surface area contributed by atoms with Gasteiger partial charge in [-0.05, 0) is 42.8 Å². The summed E-state index contributed by atoms with van der Waals surface area (Å²) < 4.78 is 0. The summed E-state index contributed by atoms with van der Waals surface area (Å²) >= 11 is 0. The molecule has 1 aromatic heterocycles. The first-order valence-corrected chi connectivity index (χ1v) is 5.86. The van der Waals surface area contributed by atoms with Crippen LogP contribution < -0.4 is 5.32 Å². The summed E-state index contributed by atoms with van der Waals surface area (Å²) in [4.78, 5) is 4.09. The second kappa shape index (κ2) is 6.02. The van der Waals surface area contributed by atoms with Gasteiger partial charge < -0.3 is 15.5 Å². The molecule has 0 spiro atoms. The van der Waals surface area contributed by atoms with Crippen molar-refractivity contribution in [1.82, 2.24) is 10.3 Å². The smallest absolute Gasteiger partial charge is 0.133 e. The number of phenolic OH excluding ortho intramolecular Hbond substituents is 1. The van der Waals surface area contributed by atoms with Crippen molar-refractivity contribution in [3.8, 4) is 11.5 Å². The maximum atomic E-state index is 9.16. The zero-order chi connectivity index (χ0) is 12.8. The zero-order valence-corrected chi connectivity index (χ0v) is 10.0. The van der Waals surface area contributed by atoms with E-state index >= 15 is 0 Å². The Hall–Kier alpha value is -2.07. The Bertz CT molecular complexity index is 433. The van der Waals surface area contributed by atoms with E-state index in [0.29, 0.717) is 12.3 Å². The van der Waals surface area contributed by atoms with Gasteiger partial charge >= 0.3 is 0 Å². The van der Waals surface area contributed by atoms with Gasteiger partial charge in [-0.3, -0.25) is 4.98 Å². The lowest BCUT2D eigenvalue weighted by atomic mass is 10.1. The third-order valence-electron chi connectivity index (χ3n) is 2.64. The molecule has 0 amide bonds. The molecule has 2 aromatic rings. The van der Waals surface area contributed by atoms with Gasteiger partial charge in [0.25, 0.3) is 0 Å². The Balaban J connectivity index is 1.73. The highest BCUT2D eigenvalue weighted by Crippen LogP contribution is 2.09. The number of phenols is 1. The van der Waals surface area contributed by atoms with Crippen molar-refractivity contribution in [2.75, 3.05) is 6.54 Å². The molecule has 2 rings (SSSR count). The van der Waals surface area contributed by atoms with Crippen LogP contribution in [0.2, 0.25) is 0 Å². The molecule has 0 bridgehead atoms. The van der Waals surface area contributed by atoms with E-state index < -0.39 is 0 Å². The van der Waals surface area contributed by atoms with E-state index in [1.807, 2.05) is 12.1 Å². The number of aromatic hydroxyl groups is 2. The fourth-order valence-corrected chi connectivity index (χ4v) is 1.63. The van der Waals surface area contributed by atoms with Crippen LogP contribution in [0, 0.1) is 0 Å². The van der Waals surface area contributed by atoms with E-state index in [2.05, 4.69) is 10.3 Å². The van der Waals surface area contributed by atoms with Gasteiger partial charge in [0.15, 0.2) is 0 Å². The van der Waals surface area contributed by atoms with E-state index in [1.54, 1.807) is 24.3 Å². The van der Waals surface area contributed by atoms with Crippen LogP contribution in [0.1, 0.15) is 11.3 Å². The number of pyridine rings is 1. The molecule has 0 atom stereocenters. The number of benzene rings is 1. The number of nitrogens with one attached hydrogen (secondary N) is 1. The first-order valence-electron chi connectivity index (χ1n) is 5.86. The number of rotatable bonds is 5. The van der Waals surface area contributed by atoms with Crippen LogP contribution in [0.5, 0.6) is 11.5 Å². The lowest BCUT2D eigenvalue weighted by molar-refractivity contribution is 0.471. The van der Waals surface area contributed by atoms with Crippen LogP contribution in [0.15, 0.2) is 42.6 Å². The summed E-state index contributed by atoms with van der Waals surface area (Å²) in [5, 5.41) is 21.5. The van der Waals surface area contributed by atoms with E-state index in [9.17, 15) is 0 Å². The van der Waals surface area contributed by atoms with Gasteiger partial charge in [-0.25, -0.2) is 0 Å². The molecular formula is C14H16N2O2. The van der Waals surface area contributed by atoms with Crippen molar-refractivity contribution >= 4 is 0 Å². The van der Waals surface area contributed by atoms with Crippen LogP contribution in [0.3, 0.4) is 0 Å². The lowest BCUT2D eigenvalue weighted by Crippen LogP contribution is -2.17. The van der Waals surface area contributed by atoms with Gasteiger partial charge in [-0.15, -0.1) is 0 Å². The molecule has 0 radical (unpaired) electrons. The molecule has 3 N–H and O–H groups in total. The largest absolute Gasteiger partial charge is 0.508 e. The van der Waals surface area contributed by atoms with Gasteiger partial charge in [0.1, 0.15) is 11.5 Å². The second-order valence-electron chi connectivity index (χ2n) is 4.10. The van der Waals surface area contributed by atoms with Crippen molar-refractivity contribution in [2.24, 2.45) is 0 Å². The molecular weight excluding hydrogens is 228 g/mol. The van der Waals surface area contributed by atoms with Crippen LogP contribution in [0.25, 0.3) is 0 Å². The van der Waals surface area contributed by atoms with Crippen LogP contribution in [-0.4, -0.2) is 21.7 Å². The Kier molecular flexibility index (Phi) is 4.15. The third kappa shape index (κ3) is 3.75. The second-order valence-corrected chi connectivity index (χ2v) is 4.10. The summed E-state index contributed by atoms with van der Waals surface area (Å²) in [7, 11) is 0. The monoisotopic (exact) mass is 244 g/mol. The van der Waals surface area contributed by atoms with Crippen LogP contribution in [0.4, 0.5) is 0 Å². The Morgan fingerprint density at radius 3 is 2.33 bits per heavy atom. The predicted molar refractivity (Wildman–Crippen MR) is 69.4 cm³/mol. The lowest BCUT2D eigenvalue weighted by Gasteiger charge is -2.05. The van der Waals surface area contributed by atoms with Gasteiger partial charge in [0, 0.05) is 6.54 Å². The molecule has 0 saturated heterocycles. The number of hydrogen-bond donors (Lipinski definition) is 3. The Morgan fingerprint density at radius 2 is 1.67 bits per heavy atom. The quantitative estimate of drug-likeness (QED) is 0.702. The summed E-state index contributed by atoms with van der Waals surface area (Å²) in [5.41, 5.74) is 2.08. The number of aromatic nitrogens is 1. The average molecular weight is 244 g/mol. The summed E-state index contributed by atoms with van der Waals surface area (Å²) in [5.74, 6) is 0.475. The first kappa shape index (κ1) is 12.4. The Morgan fingerprint density at radius 1 is 0.944 bits per heavy atom. The fourth-order valence-electron chi connectivity index (χ4n) is 1.63. The number of hydrogen-bond acceptors (Lipinski definition) is 4. The van der Waals surface area contributed by atoms with E-state index in [-0.39, 0.29) is 5.75 Å². The van der Waals surface area contributed by atoms with Crippen molar-refractivity contribution < 1.29 is 10.2 Å². The molecule has 18 heavy (non-hydrogen) atoms. The van der Waals surface area contributed by atoms with Crippen molar-refractivity contribution in [2.45, 2.75) is 13.0 Å². The molecule has 4 heteroatoms. The number of nitrogens with zero attached hydrogens (tertiary/aromatic N) is 1. The highest BCUT2D eigenvalue weighted by Gasteiger charge is 1.96. The molecule has 0 aliphatic carbocycles. The van der Waals surface area contributed by atoms with E-state index in [4.69, 9.17) is 10.2 Å². The molecule has 1 heterocycles. The molecule has 0 aliphatic heterocycles. The first-order chi connectivity index (χ1) is 8.74. The van der Waals surface area contributed by atoms with Gasteiger partial charge in [-0.2, -0.15) is 0 Å². The van der Waals surface area contributed by atoms with E-state index in [1.165, 1.54) is 11.8 Å². The SMILES string of the molecule is Oc1ccc(CCNCc2ccc(O)cn2)cc1. The standard InChI is InChI=1S/C14H16N2O2/c17-13-4-1-11(2-5-13)7-8-15-9-12-3-6-14(18)10-16-12/h1-6,10,15,17-18H,7-9H2. The molecule has 94 valence electrons. The molecule has 0 fully saturated rings. The molecule has 4 nitrogen and oxygen atoms in total. The minimum absolute atomic E-state index is 0.183. The highest BCUT2D eigenvalue weighted by atomic mass is 16.3. The summed E-state index contributed by atoms with van der Waals surface area (Å²) in [6, 6.07) is 10.6. The van der Waals surface area contributed by atoms with E-state index in [0.717, 1.165) is 18.7 Å². The molecule has 0 aliphatic rings.